The Morgan fingerprint density at radius 3 is 1.68 bits per heavy atom. The fourth-order valence-electron chi connectivity index (χ4n) is 7.44. The average Bonchev–Trinajstić information content (AvgIpc) is 3.59. The van der Waals surface area contributed by atoms with Crippen LogP contribution in [0.1, 0.15) is 76.7 Å². The van der Waals surface area contributed by atoms with Crippen LogP contribution < -0.4 is 0 Å². The van der Waals surface area contributed by atoms with Crippen LogP contribution in [-0.4, -0.2) is 42.9 Å². The number of para-hydroxylation sites is 2. The van der Waals surface area contributed by atoms with Crippen LogP contribution >= 0.6 is 47.1 Å². The number of carbonyl (C=O) groups is 1. The Bertz CT molecular complexity index is 2790. The zero-order valence-electron chi connectivity index (χ0n) is 35.7. The quantitative estimate of drug-likeness (QED) is 0.0445. The maximum atomic E-state index is 15.0. The number of aromatic nitrogens is 2. The van der Waals surface area contributed by atoms with Crippen molar-refractivity contribution in [2.75, 3.05) is 6.79 Å². The number of rotatable bonds is 13. The number of nitrogens with zero attached hydrogens (tertiary/aromatic N) is 2. The molecule has 4 aromatic carbocycles. The van der Waals surface area contributed by atoms with Gasteiger partial charge in [0.15, 0.2) is 0 Å². The highest BCUT2D eigenvalue weighted by Crippen LogP contribution is 2.64. The summed E-state index contributed by atoms with van der Waals surface area (Å²) in [6, 6.07) is 20.3. The number of halogens is 6. The molecule has 2 heterocycles. The summed E-state index contributed by atoms with van der Waals surface area (Å²) in [6.45, 7) is 15.1. The van der Waals surface area contributed by atoms with E-state index in [9.17, 15) is 36.4 Å². The van der Waals surface area contributed by atoms with E-state index in [1.807, 2.05) is 65.0 Å². The van der Waals surface area contributed by atoms with Crippen molar-refractivity contribution in [3.63, 3.8) is 0 Å². The van der Waals surface area contributed by atoms with E-state index < -0.39 is 56.7 Å². The van der Waals surface area contributed by atoms with E-state index in [0.29, 0.717) is 18.7 Å². The Hall–Kier alpha value is -3.79. The van der Waals surface area contributed by atoms with E-state index in [4.69, 9.17) is 9.79 Å². The van der Waals surface area contributed by atoms with Crippen molar-refractivity contribution in [3.05, 3.63) is 138 Å². The van der Waals surface area contributed by atoms with Crippen LogP contribution in [-0.2, 0) is 54.0 Å². The number of alkyl halides is 4. The molecule has 11 nitrogen and oxygen atoms in total. The van der Waals surface area contributed by atoms with Crippen molar-refractivity contribution in [1.82, 2.24) is 9.13 Å². The van der Waals surface area contributed by atoms with Gasteiger partial charge in [-0.15, -0.1) is 0 Å². The number of carbonyl (C=O) groups excluding carboxylic acids is 1. The van der Waals surface area contributed by atoms with E-state index in [2.05, 4.69) is 68.0 Å². The lowest BCUT2D eigenvalue weighted by Crippen LogP contribution is -2.19. The highest BCUT2D eigenvalue weighted by atomic mass is 79.9. The van der Waals surface area contributed by atoms with Gasteiger partial charge >= 0.3 is 32.7 Å². The van der Waals surface area contributed by atoms with Gasteiger partial charge < -0.3 is 33.3 Å². The van der Waals surface area contributed by atoms with Gasteiger partial charge in [-0.3, -0.25) is 13.7 Å². The van der Waals surface area contributed by atoms with Crippen LogP contribution in [0, 0.1) is 34.6 Å². The van der Waals surface area contributed by atoms with E-state index in [1.165, 1.54) is 35.2 Å². The Morgan fingerprint density at radius 2 is 1.21 bits per heavy atom. The SMILES string of the molecule is CCc1c(C)n(Cc2ccc(C(F)(F)P(=O)(O)O)c(Br)c2)c2c(C)cccc12.Cc1c(C)n(Cc2ccc(C(F)(F)P(=O)(O)OCOC(=O)OC(C)C)c(Br)c2)c2c(C)cccc12. The normalized spacial score (nSPS) is 13.3. The van der Waals surface area contributed by atoms with Crippen molar-refractivity contribution in [2.24, 2.45) is 0 Å². The zero-order chi connectivity index (χ0) is 47.0. The van der Waals surface area contributed by atoms with Crippen molar-refractivity contribution >= 4 is 75.0 Å². The Kier molecular flexibility index (Phi) is 15.4. The maximum Gasteiger partial charge on any atom is 0.510 e. The predicted molar refractivity (Wildman–Crippen MR) is 242 cm³/mol. The third-order valence-corrected chi connectivity index (χ3v) is 14.4. The summed E-state index contributed by atoms with van der Waals surface area (Å²) in [7, 11) is -11.2. The smallest absolute Gasteiger partial charge is 0.432 e. The van der Waals surface area contributed by atoms with Crippen LogP contribution in [0.15, 0.2) is 81.7 Å². The van der Waals surface area contributed by atoms with Gasteiger partial charge in [0, 0.05) is 55.3 Å². The van der Waals surface area contributed by atoms with Crippen molar-refractivity contribution in [1.29, 1.82) is 0 Å². The van der Waals surface area contributed by atoms with Crippen LogP contribution in [0.25, 0.3) is 21.8 Å². The monoisotopic (exact) mass is 1040 g/mol. The Morgan fingerprint density at radius 1 is 0.730 bits per heavy atom. The molecule has 19 heteroatoms. The molecule has 0 saturated heterocycles. The van der Waals surface area contributed by atoms with E-state index in [0.717, 1.165) is 68.6 Å². The predicted octanol–water partition coefficient (Wildman–Crippen LogP) is 13.0. The second kappa shape index (κ2) is 19.4. The van der Waals surface area contributed by atoms with Gasteiger partial charge in [0.05, 0.1) is 17.1 Å². The van der Waals surface area contributed by atoms with Gasteiger partial charge in [-0.1, -0.05) is 99.4 Å². The van der Waals surface area contributed by atoms with Crippen molar-refractivity contribution in [2.45, 2.75) is 92.3 Å². The number of fused-ring (bicyclic) bond motifs is 2. The minimum Gasteiger partial charge on any atom is -0.432 e. The molecule has 0 aliphatic carbocycles. The van der Waals surface area contributed by atoms with Gasteiger partial charge in [0.1, 0.15) is 0 Å². The first-order valence-electron chi connectivity index (χ1n) is 19.6. The molecule has 3 N–H and O–H groups in total. The second-order valence-corrected chi connectivity index (χ2v) is 20.5. The Labute approximate surface area is 379 Å². The topological polar surface area (TPSA) is 149 Å². The molecule has 0 fully saturated rings. The Balaban J connectivity index is 0.000000243. The number of hydrogen-bond donors (Lipinski definition) is 3. The third kappa shape index (κ3) is 10.4. The largest absolute Gasteiger partial charge is 0.510 e. The number of hydrogen-bond acceptors (Lipinski definition) is 6. The summed E-state index contributed by atoms with van der Waals surface area (Å²) in [5, 5.41) is 2.31. The molecule has 1 atom stereocenters. The van der Waals surface area contributed by atoms with Gasteiger partial charge in [0.25, 0.3) is 0 Å². The minimum atomic E-state index is -5.62. The van der Waals surface area contributed by atoms with Crippen LogP contribution in [0.4, 0.5) is 22.4 Å². The first-order chi connectivity index (χ1) is 29.2. The average molecular weight is 1050 g/mol. The molecule has 0 spiro atoms. The van der Waals surface area contributed by atoms with Crippen molar-refractivity contribution in [3.8, 4) is 0 Å². The minimum absolute atomic E-state index is 0.0279. The number of benzene rings is 4. The highest BCUT2D eigenvalue weighted by Gasteiger charge is 2.54. The van der Waals surface area contributed by atoms with E-state index >= 15 is 0 Å². The van der Waals surface area contributed by atoms with Gasteiger partial charge in [-0.05, 0) is 100 Å². The maximum absolute atomic E-state index is 15.0. The molecule has 63 heavy (non-hydrogen) atoms. The highest BCUT2D eigenvalue weighted by molar-refractivity contribution is 9.10. The summed E-state index contributed by atoms with van der Waals surface area (Å²) < 4.78 is 99.2. The van der Waals surface area contributed by atoms with E-state index in [1.54, 1.807) is 13.8 Å². The fourth-order valence-corrected chi connectivity index (χ4v) is 10.5. The molecule has 0 amide bonds. The lowest BCUT2D eigenvalue weighted by atomic mass is 10.1. The standard InChI is InChI=1S/C24H27BrF2NO6P.C20H21BrF2NO3P/c1-14(2)34-23(29)32-13-33-35(30,31)24(26,27)20-10-9-18(11-21(20)25)12-28-17(5)16(4)19-8-6-7-15(3)22(19)28;1-4-15-13(3)24(19-12(2)6-5-7-16(15)19)11-14-8-9-17(18(21)10-14)20(22,23)28(25,26)27/h6-11,14H,12-13H2,1-5H3,(H,30,31);5-10H,4,11H2,1-3H3,(H2,25,26,27). The zero-order valence-corrected chi connectivity index (χ0v) is 40.6. The van der Waals surface area contributed by atoms with Crippen molar-refractivity contribution < 1.29 is 60.2 Å². The first-order valence-corrected chi connectivity index (χ1v) is 24.3. The van der Waals surface area contributed by atoms with Gasteiger partial charge in [-0.2, -0.15) is 17.6 Å². The molecule has 0 saturated carbocycles. The molecule has 0 bridgehead atoms. The molecule has 0 aliphatic rings. The molecular formula is C44H48Br2F4N2O9P2. The summed E-state index contributed by atoms with van der Waals surface area (Å²) in [4.78, 5) is 39.2. The molecule has 6 aromatic rings. The molecule has 0 radical (unpaired) electrons. The summed E-state index contributed by atoms with van der Waals surface area (Å²) in [5.74, 6) is 0. The lowest BCUT2D eigenvalue weighted by Gasteiger charge is -2.23. The first kappa shape index (κ1) is 50.2. The lowest BCUT2D eigenvalue weighted by molar-refractivity contribution is -0.0267. The van der Waals surface area contributed by atoms with Crippen LogP contribution in [0.5, 0.6) is 0 Å². The third-order valence-electron chi connectivity index (χ3n) is 10.7. The summed E-state index contributed by atoms with van der Waals surface area (Å²) in [6.07, 6.45) is -0.830. The summed E-state index contributed by atoms with van der Waals surface area (Å²) >= 11 is 6.17. The number of aryl methyl sites for hydroxylation is 4. The molecule has 1 unspecified atom stereocenters. The second-order valence-electron chi connectivity index (χ2n) is 15.3. The van der Waals surface area contributed by atoms with Gasteiger partial charge in [0.2, 0.25) is 6.79 Å². The number of ether oxygens (including phenoxy) is 2. The molecular weight excluding hydrogens is 998 g/mol. The molecule has 2 aromatic heterocycles. The van der Waals surface area contributed by atoms with Crippen LogP contribution in [0.3, 0.4) is 0 Å². The van der Waals surface area contributed by atoms with Gasteiger partial charge in [-0.25, -0.2) is 4.79 Å². The molecule has 6 rings (SSSR count). The van der Waals surface area contributed by atoms with E-state index in [-0.39, 0.29) is 8.95 Å². The van der Waals surface area contributed by atoms with Crippen LogP contribution in [0.2, 0.25) is 0 Å². The summed E-state index contributed by atoms with van der Waals surface area (Å²) in [5.41, 5.74) is 0.491. The molecule has 340 valence electrons. The molecule has 0 aliphatic heterocycles. The fraction of sp³-hybridized carbons (Fsp3) is 0.341.